The third-order valence-corrected chi connectivity index (χ3v) is 19.9. The second-order valence-corrected chi connectivity index (χ2v) is 30.1. The maximum atomic E-state index is 13.2. The molecule has 0 saturated carbocycles. The minimum Gasteiger partial charge on any atom is -0.744 e. The number of carbonyl (C=O) groups is 3. The van der Waals surface area contributed by atoms with E-state index in [1.807, 2.05) is 0 Å². The number of hydrogen-bond donors (Lipinski definition) is 10. The van der Waals surface area contributed by atoms with E-state index in [1.54, 1.807) is 6.07 Å². The van der Waals surface area contributed by atoms with E-state index in [0.717, 1.165) is 47.8 Å². The molecule has 0 fully saturated rings. The zero-order valence-corrected chi connectivity index (χ0v) is 80.6. The van der Waals surface area contributed by atoms with E-state index in [2.05, 4.69) is 39.6 Å². The standard InChI is InChI=1S/C25H20Cl2N4O10S2.C17H11Cl2NO8S2.C10H11NO7S2.C7H3Cl3O.HNO2.6Na/c1-38-18-10-16(19(39-2)9-15(18)28)30-31-23-20(43(35,36)37)7-11-6-12(42-41-40-34)8-17(21(11)24(23)32)29-25(33)13-4-3-5-14(26)22(13)27;18-9-1-2-12(13(19)5-9)17(22)20-14-6-10(29-28-27-23)3-8-4-11(30(24,25)26)7-15(21)16(8)14;11-8-3-6(19(13,14)15)1-5-2-7(20(16,17)18)4-9(12)10(5)8;8-4-1-2-5(7(10)11)6(9)3-4;2-1-3;;;;;;/h3-10,32,34H,28H2,1-2H3,(H,29,33)(H,35,36,37);1-7,21,23H,(H,20,22)(H,24,25,26);1-4,12-15H,11H2,(H,16,17,18);1-3H;(H,2,3);;;;;;/q;;;;;6*+1/p-6. The van der Waals surface area contributed by atoms with Gasteiger partial charge in [0.1, 0.15) is 75.6 Å². The van der Waals surface area contributed by atoms with Gasteiger partial charge in [0.05, 0.1) is 112 Å². The molecule has 0 radical (unpaired) electrons. The first kappa shape index (κ1) is 111. The van der Waals surface area contributed by atoms with Crippen LogP contribution in [0.5, 0.6) is 28.7 Å². The van der Waals surface area contributed by atoms with Gasteiger partial charge in [0.15, 0.2) is 5.75 Å². The number of aromatic hydroxyl groups is 3. The number of anilines is 4. The molecule has 54 heteroatoms. The Morgan fingerprint density at radius 1 is 0.504 bits per heavy atom. The Kier molecular flexibility index (Phi) is 48.5. The van der Waals surface area contributed by atoms with Crippen LogP contribution in [-0.4, -0.2) is 99.2 Å². The zero-order valence-electron chi connectivity index (χ0n) is 58.5. The van der Waals surface area contributed by atoms with Gasteiger partial charge in [0, 0.05) is 53.8 Å². The van der Waals surface area contributed by atoms with Crippen molar-refractivity contribution in [2.45, 2.75) is 29.4 Å². The summed E-state index contributed by atoms with van der Waals surface area (Å²) in [6.07, 6.45) is 0. The molecule has 0 aliphatic heterocycles. The van der Waals surface area contributed by atoms with Crippen LogP contribution in [0, 0.1) is 10.1 Å². The van der Waals surface area contributed by atoms with Crippen LogP contribution in [0.25, 0.3) is 32.3 Å². The summed E-state index contributed by atoms with van der Waals surface area (Å²) in [5.74, 6) is -3.11. The van der Waals surface area contributed by atoms with Crippen LogP contribution in [0.2, 0.25) is 30.1 Å². The average molecular weight is 1870 g/mol. The van der Waals surface area contributed by atoms with Crippen LogP contribution in [0.1, 0.15) is 31.1 Å². The fourth-order valence-electron chi connectivity index (χ4n) is 8.97. The topological polar surface area (TPSA) is 599 Å². The molecule has 0 aliphatic rings. The predicted octanol–water partition coefficient (Wildman–Crippen LogP) is -4.25. The molecule has 0 atom stereocenters. The third kappa shape index (κ3) is 30.9. The van der Waals surface area contributed by atoms with Crippen molar-refractivity contribution in [2.24, 2.45) is 15.6 Å². The Balaban J connectivity index is 0.00000156. The number of halogens is 7. The number of methoxy groups -OCH3 is 2. The fourth-order valence-corrected chi connectivity index (χ4v) is 13.7. The number of benzene rings is 10. The van der Waals surface area contributed by atoms with Gasteiger partial charge in [-0.2, -0.15) is 8.67 Å². The predicted molar refractivity (Wildman–Crippen MR) is 388 cm³/mol. The summed E-state index contributed by atoms with van der Waals surface area (Å²) >= 11 is 41.3. The van der Waals surface area contributed by atoms with Crippen LogP contribution in [0.15, 0.2) is 178 Å². The summed E-state index contributed by atoms with van der Waals surface area (Å²) in [5.41, 5.74) is 11.0. The Bertz CT molecular complexity index is 5540. The van der Waals surface area contributed by atoms with Crippen LogP contribution in [0.4, 0.5) is 34.1 Å². The van der Waals surface area contributed by atoms with Crippen molar-refractivity contribution < 1.29 is 298 Å². The number of nitrogens with one attached hydrogen (secondary N) is 2. The smallest absolute Gasteiger partial charge is 0.744 e. The number of phenols is 3. The van der Waals surface area contributed by atoms with Gasteiger partial charge >= 0.3 is 177 Å². The SMILES string of the molecule is COc1cc(N=Nc2c(S(=O)(=O)[O-])cc3cc(SOO[O-])cc(NC(=O)c4cccc(Cl)c4Cl)c3c2O)c(OC)cc1N.Nc1cc(S(O)(O)O)cc2cc(S(=O)(=O)[O-])cc(O)c12.O=C(Cl)c1ccc(Cl)cc1Cl.O=C(Nc1cc(SOO[O-])cc2cc(S(=O)(=O)[O-])cc(O)c12)c1ccc(Cl)cc1Cl.O=N[O-].[Na+].[Na+].[Na+].[Na+].[Na+].[Na+]. The number of phenolic OH excluding ortho intramolecular Hbond substituents is 3. The molecule has 10 rings (SSSR count). The van der Waals surface area contributed by atoms with E-state index in [1.165, 1.54) is 99.1 Å². The summed E-state index contributed by atoms with van der Waals surface area (Å²) in [7, 11) is -16.4. The van der Waals surface area contributed by atoms with Crippen LogP contribution in [-0.2, 0) is 49.1 Å². The molecule has 0 bridgehead atoms. The number of amides is 2. The number of ether oxygens (including phenoxy) is 2. The maximum Gasteiger partial charge on any atom is 1.00 e. The number of carbonyl (C=O) groups excluding carboxylic acids is 3. The molecular formula is C59H40Cl7N7Na6O28S6. The normalized spacial score (nSPS) is 11.0. The molecule has 12 N–H and O–H groups in total. The van der Waals surface area contributed by atoms with E-state index < -0.39 is 95.9 Å². The molecule has 0 aliphatic carbocycles. The van der Waals surface area contributed by atoms with Gasteiger partial charge in [-0.15, -0.1) is 15.6 Å². The van der Waals surface area contributed by atoms with Gasteiger partial charge in [0.25, 0.3) is 17.1 Å². The summed E-state index contributed by atoms with van der Waals surface area (Å²) in [5, 5.41) is 80.9. The van der Waals surface area contributed by atoms with Crippen molar-refractivity contribution in [1.82, 2.24) is 0 Å². The van der Waals surface area contributed by atoms with E-state index in [0.29, 0.717) is 34.1 Å². The molecule has 10 aromatic rings. The van der Waals surface area contributed by atoms with Crippen molar-refractivity contribution in [1.29, 1.82) is 0 Å². The van der Waals surface area contributed by atoms with Gasteiger partial charge in [-0.1, -0.05) is 75.7 Å². The van der Waals surface area contributed by atoms with E-state index in [9.17, 15) is 79.1 Å². The van der Waals surface area contributed by atoms with Crippen molar-refractivity contribution >= 4 is 230 Å². The Morgan fingerprint density at radius 2 is 0.947 bits per heavy atom. The second-order valence-electron chi connectivity index (χ2n) is 20.1. The maximum absolute atomic E-state index is 13.2. The molecule has 0 aromatic heterocycles. The molecule has 0 heterocycles. The van der Waals surface area contributed by atoms with Gasteiger partial charge in [-0.3, -0.25) is 24.5 Å². The Labute approximate surface area is 816 Å². The van der Waals surface area contributed by atoms with Gasteiger partial charge < -0.3 is 94.8 Å². The molecule has 10 aromatic carbocycles. The average Bonchev–Trinajstić information content (AvgIpc) is 0.770. The number of nitrogens with zero attached hydrogens (tertiary/aromatic N) is 3. The molecule has 570 valence electrons. The van der Waals surface area contributed by atoms with Crippen molar-refractivity contribution in [3.05, 3.63) is 190 Å². The zero-order chi connectivity index (χ0) is 80.0. The van der Waals surface area contributed by atoms with Crippen LogP contribution < -0.4 is 219 Å². The third-order valence-electron chi connectivity index (χ3n) is 13.4. The molecule has 0 saturated heterocycles. The summed E-state index contributed by atoms with van der Waals surface area (Å²) in [6, 6.07) is 27.3. The first-order chi connectivity index (χ1) is 50.0. The van der Waals surface area contributed by atoms with Gasteiger partial charge in [-0.05, 0) is 143 Å². The van der Waals surface area contributed by atoms with Crippen LogP contribution >= 0.6 is 116 Å². The summed E-state index contributed by atoms with van der Waals surface area (Å²) in [6.45, 7) is 0. The number of rotatable bonds is 19. The Hall–Kier alpha value is -2.36. The number of azo groups is 1. The van der Waals surface area contributed by atoms with Crippen LogP contribution in [0.3, 0.4) is 0 Å². The number of nitrogens with two attached hydrogens (primary N) is 2. The molecule has 0 unspecified atom stereocenters. The Morgan fingerprint density at radius 3 is 1.39 bits per heavy atom. The largest absolute Gasteiger partial charge is 1.00 e. The minimum atomic E-state index is -5.28. The summed E-state index contributed by atoms with van der Waals surface area (Å²) < 4.78 is 150. The summed E-state index contributed by atoms with van der Waals surface area (Å²) in [4.78, 5) is 42.0. The van der Waals surface area contributed by atoms with Gasteiger partial charge in [-0.25, -0.2) is 25.3 Å². The van der Waals surface area contributed by atoms with E-state index in [-0.39, 0.29) is 301 Å². The fraction of sp³-hybridized carbons (Fsp3) is 0.0339. The second kappa shape index (κ2) is 49.5. The molecular weight excluding hydrogens is 1830 g/mol. The van der Waals surface area contributed by atoms with Crippen molar-refractivity contribution in [3.8, 4) is 28.7 Å². The molecule has 113 heavy (non-hydrogen) atoms. The first-order valence-corrected chi connectivity index (χ1v) is 37.3. The van der Waals surface area contributed by atoms with Gasteiger partial charge in [0.2, 0.25) is 0 Å². The molecule has 2 amide bonds. The van der Waals surface area contributed by atoms with Crippen molar-refractivity contribution in [3.63, 3.8) is 0 Å². The molecule has 0 spiro atoms. The quantitative estimate of drug-likeness (QED) is 0.00422. The first-order valence-electron chi connectivity index (χ1n) is 27.4. The van der Waals surface area contributed by atoms with E-state index >= 15 is 0 Å². The number of fused-ring (bicyclic) bond motifs is 3. The number of hydrogen-bond acceptors (Lipinski definition) is 35. The van der Waals surface area contributed by atoms with Crippen molar-refractivity contribution in [2.75, 3.05) is 36.3 Å². The minimum absolute atomic E-state index is 0. The number of nitrogen functional groups attached to an aromatic ring is 2. The van der Waals surface area contributed by atoms with E-state index in [4.69, 9.17) is 126 Å². The molecule has 35 nitrogen and oxygen atoms in total. The monoisotopic (exact) mass is 1870 g/mol.